The molecule has 5 aromatic rings. The standard InChI is InChI=1S/C28H21N3O2/c32-27(30-25-16-8-7-15-23(25)21-12-5-2-6-13-21)24-18-22-14-9-17-29-26(22)31(28(24)33)19-20-10-3-1-4-11-20/h1-18H,19H2,(H,30,32). The normalized spacial score (nSPS) is 10.8. The third-order valence-electron chi connectivity index (χ3n) is 5.54. The van der Waals surface area contributed by atoms with Gasteiger partial charge < -0.3 is 5.32 Å². The second kappa shape index (κ2) is 8.93. The average Bonchev–Trinajstić information content (AvgIpc) is 2.87. The Balaban J connectivity index is 1.57. The summed E-state index contributed by atoms with van der Waals surface area (Å²) in [5.41, 5.74) is 3.73. The summed E-state index contributed by atoms with van der Waals surface area (Å²) in [5.74, 6) is -0.448. The van der Waals surface area contributed by atoms with E-state index in [0.29, 0.717) is 17.9 Å². The van der Waals surface area contributed by atoms with Crippen LogP contribution in [0.15, 0.2) is 114 Å². The van der Waals surface area contributed by atoms with Crippen molar-refractivity contribution in [1.29, 1.82) is 0 Å². The van der Waals surface area contributed by atoms with Crippen LogP contribution in [-0.4, -0.2) is 15.5 Å². The second-order valence-electron chi connectivity index (χ2n) is 7.72. The highest BCUT2D eigenvalue weighted by atomic mass is 16.2. The number of amides is 1. The van der Waals surface area contributed by atoms with Crippen LogP contribution in [0.1, 0.15) is 15.9 Å². The zero-order valence-corrected chi connectivity index (χ0v) is 17.8. The molecule has 0 aliphatic rings. The molecule has 5 heteroatoms. The highest BCUT2D eigenvalue weighted by molar-refractivity contribution is 6.07. The number of fused-ring (bicyclic) bond motifs is 1. The van der Waals surface area contributed by atoms with Crippen molar-refractivity contribution in [2.75, 3.05) is 5.32 Å². The van der Waals surface area contributed by atoms with E-state index in [-0.39, 0.29) is 11.1 Å². The summed E-state index contributed by atoms with van der Waals surface area (Å²) in [6, 6.07) is 32.3. The molecule has 0 atom stereocenters. The first-order valence-corrected chi connectivity index (χ1v) is 10.7. The molecule has 3 aromatic carbocycles. The van der Waals surface area contributed by atoms with Gasteiger partial charge in [-0.1, -0.05) is 78.9 Å². The molecule has 0 unspecified atom stereocenters. The Morgan fingerprint density at radius 2 is 1.52 bits per heavy atom. The monoisotopic (exact) mass is 431 g/mol. The molecule has 0 saturated heterocycles. The number of para-hydroxylation sites is 1. The molecular formula is C28H21N3O2. The second-order valence-corrected chi connectivity index (χ2v) is 7.72. The molecule has 0 bridgehead atoms. The number of pyridine rings is 2. The van der Waals surface area contributed by atoms with Gasteiger partial charge in [-0.05, 0) is 35.4 Å². The number of nitrogens with one attached hydrogen (secondary N) is 1. The first-order chi connectivity index (χ1) is 16.2. The van der Waals surface area contributed by atoms with Crippen molar-refractivity contribution >= 4 is 22.6 Å². The third kappa shape index (κ3) is 4.16. The first kappa shape index (κ1) is 20.4. The zero-order valence-electron chi connectivity index (χ0n) is 17.8. The number of carbonyl (C=O) groups is 1. The highest BCUT2D eigenvalue weighted by Crippen LogP contribution is 2.28. The van der Waals surface area contributed by atoms with Crippen LogP contribution in [0.25, 0.3) is 22.2 Å². The fraction of sp³-hybridized carbons (Fsp3) is 0.0357. The minimum atomic E-state index is -0.448. The fourth-order valence-electron chi connectivity index (χ4n) is 3.93. The fourth-order valence-corrected chi connectivity index (χ4v) is 3.93. The predicted octanol–water partition coefficient (Wildman–Crippen LogP) is 5.36. The lowest BCUT2D eigenvalue weighted by Crippen LogP contribution is -2.30. The summed E-state index contributed by atoms with van der Waals surface area (Å²) in [6.45, 7) is 0.328. The molecule has 1 N–H and O–H groups in total. The van der Waals surface area contributed by atoms with Crippen molar-refractivity contribution in [3.63, 3.8) is 0 Å². The molecule has 5 rings (SSSR count). The number of benzene rings is 3. The van der Waals surface area contributed by atoms with Crippen molar-refractivity contribution in [2.24, 2.45) is 0 Å². The molecule has 160 valence electrons. The van der Waals surface area contributed by atoms with Gasteiger partial charge in [0.05, 0.1) is 6.54 Å². The Bertz CT molecular complexity index is 1490. The maximum Gasteiger partial charge on any atom is 0.265 e. The number of nitrogens with zero attached hydrogens (tertiary/aromatic N) is 2. The van der Waals surface area contributed by atoms with Crippen LogP contribution in [0.3, 0.4) is 0 Å². The van der Waals surface area contributed by atoms with E-state index in [9.17, 15) is 9.59 Å². The SMILES string of the molecule is O=C(Nc1ccccc1-c1ccccc1)c1cc2cccnc2n(Cc2ccccc2)c1=O. The summed E-state index contributed by atoms with van der Waals surface area (Å²) in [6.07, 6.45) is 1.65. The van der Waals surface area contributed by atoms with Gasteiger partial charge in [0.15, 0.2) is 0 Å². The van der Waals surface area contributed by atoms with Gasteiger partial charge in [0.25, 0.3) is 11.5 Å². The summed E-state index contributed by atoms with van der Waals surface area (Å²) in [4.78, 5) is 31.2. The Morgan fingerprint density at radius 3 is 2.30 bits per heavy atom. The van der Waals surface area contributed by atoms with Crippen LogP contribution < -0.4 is 10.9 Å². The van der Waals surface area contributed by atoms with Crippen molar-refractivity contribution < 1.29 is 4.79 Å². The smallest absolute Gasteiger partial charge is 0.265 e. The molecule has 33 heavy (non-hydrogen) atoms. The maximum absolute atomic E-state index is 13.4. The number of carbonyl (C=O) groups excluding carboxylic acids is 1. The van der Waals surface area contributed by atoms with Gasteiger partial charge in [0.2, 0.25) is 0 Å². The molecular weight excluding hydrogens is 410 g/mol. The van der Waals surface area contributed by atoms with Crippen LogP contribution in [-0.2, 0) is 6.54 Å². The van der Waals surface area contributed by atoms with E-state index < -0.39 is 5.91 Å². The van der Waals surface area contributed by atoms with Crippen LogP contribution in [0.5, 0.6) is 0 Å². The average molecular weight is 431 g/mol. The van der Waals surface area contributed by atoms with Crippen molar-refractivity contribution in [3.05, 3.63) is 131 Å². The predicted molar refractivity (Wildman–Crippen MR) is 131 cm³/mol. The Labute approximate surface area is 191 Å². The van der Waals surface area contributed by atoms with Gasteiger partial charge >= 0.3 is 0 Å². The Hall–Kier alpha value is -4.51. The summed E-state index contributed by atoms with van der Waals surface area (Å²) in [7, 11) is 0. The Kier molecular flexibility index (Phi) is 5.52. The first-order valence-electron chi connectivity index (χ1n) is 10.7. The van der Waals surface area contributed by atoms with Gasteiger partial charge in [-0.3, -0.25) is 14.2 Å². The number of hydrogen-bond donors (Lipinski definition) is 1. The molecule has 1 amide bonds. The minimum absolute atomic E-state index is 0.0781. The molecule has 2 aromatic heterocycles. The molecule has 0 spiro atoms. The topological polar surface area (TPSA) is 64.0 Å². The lowest BCUT2D eigenvalue weighted by atomic mass is 10.0. The summed E-state index contributed by atoms with van der Waals surface area (Å²) < 4.78 is 1.56. The number of rotatable bonds is 5. The third-order valence-corrected chi connectivity index (χ3v) is 5.54. The van der Waals surface area contributed by atoms with Crippen LogP contribution in [0.4, 0.5) is 5.69 Å². The number of hydrogen-bond acceptors (Lipinski definition) is 3. The highest BCUT2D eigenvalue weighted by Gasteiger charge is 2.18. The molecule has 5 nitrogen and oxygen atoms in total. The molecule has 0 fully saturated rings. The van der Waals surface area contributed by atoms with E-state index >= 15 is 0 Å². The molecule has 0 saturated carbocycles. The largest absolute Gasteiger partial charge is 0.321 e. The lowest BCUT2D eigenvalue weighted by Gasteiger charge is -2.14. The minimum Gasteiger partial charge on any atom is -0.321 e. The van der Waals surface area contributed by atoms with E-state index in [4.69, 9.17) is 0 Å². The Morgan fingerprint density at radius 1 is 0.818 bits per heavy atom. The van der Waals surface area contributed by atoms with Crippen molar-refractivity contribution in [3.8, 4) is 11.1 Å². The van der Waals surface area contributed by atoms with E-state index in [0.717, 1.165) is 22.1 Å². The van der Waals surface area contributed by atoms with Gasteiger partial charge in [0, 0.05) is 22.8 Å². The van der Waals surface area contributed by atoms with Crippen molar-refractivity contribution in [2.45, 2.75) is 6.54 Å². The summed E-state index contributed by atoms with van der Waals surface area (Å²) >= 11 is 0. The molecule has 0 aliphatic carbocycles. The lowest BCUT2D eigenvalue weighted by molar-refractivity contribution is 0.102. The zero-order chi connectivity index (χ0) is 22.6. The molecule has 0 aliphatic heterocycles. The quantitative estimate of drug-likeness (QED) is 0.407. The van der Waals surface area contributed by atoms with Gasteiger partial charge in [-0.2, -0.15) is 0 Å². The number of aromatic nitrogens is 2. The van der Waals surface area contributed by atoms with Gasteiger partial charge in [0.1, 0.15) is 11.2 Å². The van der Waals surface area contributed by atoms with E-state index in [1.54, 1.807) is 22.9 Å². The van der Waals surface area contributed by atoms with Crippen LogP contribution in [0.2, 0.25) is 0 Å². The summed E-state index contributed by atoms with van der Waals surface area (Å²) in [5, 5.41) is 3.68. The molecule has 0 radical (unpaired) electrons. The van der Waals surface area contributed by atoms with E-state index in [1.165, 1.54) is 0 Å². The van der Waals surface area contributed by atoms with Gasteiger partial charge in [-0.25, -0.2) is 4.98 Å². The van der Waals surface area contributed by atoms with Crippen molar-refractivity contribution in [1.82, 2.24) is 9.55 Å². The van der Waals surface area contributed by atoms with Gasteiger partial charge in [-0.15, -0.1) is 0 Å². The van der Waals surface area contributed by atoms with E-state index in [2.05, 4.69) is 10.3 Å². The van der Waals surface area contributed by atoms with Crippen LogP contribution >= 0.6 is 0 Å². The number of anilines is 1. The molecule has 2 heterocycles. The van der Waals surface area contributed by atoms with Crippen LogP contribution in [0, 0.1) is 0 Å². The maximum atomic E-state index is 13.4. The van der Waals surface area contributed by atoms with E-state index in [1.807, 2.05) is 91.0 Å².